The van der Waals surface area contributed by atoms with E-state index >= 15 is 0 Å². The molecule has 0 bridgehead atoms. The molecule has 0 aliphatic carbocycles. The molecule has 3 nitrogen and oxygen atoms in total. The third-order valence-electron chi connectivity index (χ3n) is 2.28. The Labute approximate surface area is 96.0 Å². The van der Waals surface area contributed by atoms with E-state index < -0.39 is 24.5 Å². The van der Waals surface area contributed by atoms with E-state index in [1.807, 2.05) is 0 Å². The van der Waals surface area contributed by atoms with Gasteiger partial charge < -0.3 is 0 Å². The van der Waals surface area contributed by atoms with Crippen LogP contribution in [0.1, 0.15) is 30.9 Å². The van der Waals surface area contributed by atoms with Crippen molar-refractivity contribution >= 4 is 0 Å². The van der Waals surface area contributed by atoms with E-state index in [-0.39, 0.29) is 12.8 Å². The number of nitrogens with one attached hydrogen (secondary N) is 1. The van der Waals surface area contributed by atoms with Crippen LogP contribution in [0.15, 0.2) is 18.5 Å². The number of rotatable bonds is 5. The van der Waals surface area contributed by atoms with Crippen LogP contribution in [0.4, 0.5) is 17.6 Å². The SMILES string of the molecule is NNC(CCCC(F)(F)F)c1cncc(F)c1. The van der Waals surface area contributed by atoms with Gasteiger partial charge in [0.1, 0.15) is 5.82 Å². The third-order valence-corrected chi connectivity index (χ3v) is 2.28. The normalized spacial score (nSPS) is 13.7. The lowest BCUT2D eigenvalue weighted by atomic mass is 10.0. The van der Waals surface area contributed by atoms with Gasteiger partial charge in [-0.2, -0.15) is 13.2 Å². The van der Waals surface area contributed by atoms with Crippen LogP contribution in [0.2, 0.25) is 0 Å². The van der Waals surface area contributed by atoms with E-state index in [1.165, 1.54) is 12.3 Å². The molecule has 1 unspecified atom stereocenters. The molecule has 1 aromatic heterocycles. The number of hydrazine groups is 1. The number of hydrogen-bond donors (Lipinski definition) is 2. The zero-order valence-corrected chi connectivity index (χ0v) is 8.97. The highest BCUT2D eigenvalue weighted by molar-refractivity contribution is 5.14. The molecule has 0 amide bonds. The highest BCUT2D eigenvalue weighted by atomic mass is 19.4. The first-order chi connectivity index (χ1) is 7.92. The van der Waals surface area contributed by atoms with Gasteiger partial charge in [-0.25, -0.2) is 4.39 Å². The summed E-state index contributed by atoms with van der Waals surface area (Å²) in [6.45, 7) is 0. The number of aromatic nitrogens is 1. The van der Waals surface area contributed by atoms with Crippen molar-refractivity contribution in [2.45, 2.75) is 31.5 Å². The van der Waals surface area contributed by atoms with Gasteiger partial charge in [0, 0.05) is 18.7 Å². The van der Waals surface area contributed by atoms with Crippen LogP contribution in [0.3, 0.4) is 0 Å². The molecule has 0 aliphatic rings. The number of nitrogens with two attached hydrogens (primary N) is 1. The molecule has 3 N–H and O–H groups in total. The summed E-state index contributed by atoms with van der Waals surface area (Å²) >= 11 is 0. The Morgan fingerprint density at radius 3 is 2.59 bits per heavy atom. The van der Waals surface area contributed by atoms with Gasteiger partial charge >= 0.3 is 6.18 Å². The van der Waals surface area contributed by atoms with Gasteiger partial charge in [0.15, 0.2) is 0 Å². The Morgan fingerprint density at radius 2 is 2.06 bits per heavy atom. The Hall–Kier alpha value is -1.21. The Kier molecular flexibility index (Phi) is 4.83. The lowest BCUT2D eigenvalue weighted by Crippen LogP contribution is -2.28. The predicted octanol–water partition coefficient (Wildman–Crippen LogP) is 2.46. The first-order valence-electron chi connectivity index (χ1n) is 5.05. The molecule has 0 saturated carbocycles. The second kappa shape index (κ2) is 5.92. The van der Waals surface area contributed by atoms with Crippen LogP contribution in [-0.2, 0) is 0 Å². The van der Waals surface area contributed by atoms with E-state index in [0.29, 0.717) is 5.56 Å². The topological polar surface area (TPSA) is 50.9 Å². The molecule has 1 atom stereocenters. The highest BCUT2D eigenvalue weighted by Gasteiger charge is 2.26. The summed E-state index contributed by atoms with van der Waals surface area (Å²) in [6.07, 6.45) is -2.57. The molecule has 0 saturated heterocycles. The van der Waals surface area contributed by atoms with Crippen LogP contribution < -0.4 is 11.3 Å². The minimum Gasteiger partial charge on any atom is -0.271 e. The fourth-order valence-electron chi connectivity index (χ4n) is 1.47. The number of hydrogen-bond acceptors (Lipinski definition) is 3. The fraction of sp³-hybridized carbons (Fsp3) is 0.500. The van der Waals surface area contributed by atoms with Crippen LogP contribution in [0.5, 0.6) is 0 Å². The molecule has 96 valence electrons. The highest BCUT2D eigenvalue weighted by Crippen LogP contribution is 2.25. The van der Waals surface area contributed by atoms with Crippen LogP contribution >= 0.6 is 0 Å². The second-order valence-corrected chi connectivity index (χ2v) is 3.66. The van der Waals surface area contributed by atoms with Crippen molar-refractivity contribution in [1.29, 1.82) is 0 Å². The lowest BCUT2D eigenvalue weighted by Gasteiger charge is -2.16. The summed E-state index contributed by atoms with van der Waals surface area (Å²) in [5.41, 5.74) is 2.80. The van der Waals surface area contributed by atoms with Gasteiger partial charge in [0.2, 0.25) is 0 Å². The van der Waals surface area contributed by atoms with Gasteiger partial charge in [-0.05, 0) is 24.5 Å². The van der Waals surface area contributed by atoms with Crippen molar-refractivity contribution in [2.24, 2.45) is 5.84 Å². The second-order valence-electron chi connectivity index (χ2n) is 3.66. The van der Waals surface area contributed by atoms with E-state index in [0.717, 1.165) is 6.20 Å². The summed E-state index contributed by atoms with van der Waals surface area (Å²) in [5, 5.41) is 0. The number of pyridine rings is 1. The minimum atomic E-state index is -4.18. The van der Waals surface area contributed by atoms with Gasteiger partial charge in [-0.3, -0.25) is 16.3 Å². The van der Waals surface area contributed by atoms with Gasteiger partial charge in [0.05, 0.1) is 6.20 Å². The molecule has 7 heteroatoms. The maximum Gasteiger partial charge on any atom is 0.389 e. The molecule has 1 aromatic rings. The molecular formula is C10H13F4N3. The van der Waals surface area contributed by atoms with Crippen LogP contribution in [-0.4, -0.2) is 11.2 Å². The van der Waals surface area contributed by atoms with Crippen molar-refractivity contribution in [1.82, 2.24) is 10.4 Å². The molecule has 0 radical (unpaired) electrons. The average Bonchev–Trinajstić information content (AvgIpc) is 2.23. The summed E-state index contributed by atoms with van der Waals surface area (Å²) in [7, 11) is 0. The summed E-state index contributed by atoms with van der Waals surface area (Å²) < 4.78 is 48.7. The zero-order valence-electron chi connectivity index (χ0n) is 8.97. The number of halogens is 4. The molecule has 1 heterocycles. The van der Waals surface area contributed by atoms with Crippen molar-refractivity contribution in [3.8, 4) is 0 Å². The van der Waals surface area contributed by atoms with Crippen molar-refractivity contribution < 1.29 is 17.6 Å². The maximum absolute atomic E-state index is 12.9. The van der Waals surface area contributed by atoms with Gasteiger partial charge in [-0.1, -0.05) is 0 Å². The zero-order chi connectivity index (χ0) is 12.9. The summed E-state index contributed by atoms with van der Waals surface area (Å²) in [5.74, 6) is 4.68. The summed E-state index contributed by atoms with van der Waals surface area (Å²) in [6, 6.07) is 0.672. The summed E-state index contributed by atoms with van der Waals surface area (Å²) in [4.78, 5) is 3.62. The molecule has 0 aromatic carbocycles. The Morgan fingerprint density at radius 1 is 1.35 bits per heavy atom. The first-order valence-corrected chi connectivity index (χ1v) is 5.05. The molecule has 0 spiro atoms. The largest absolute Gasteiger partial charge is 0.389 e. The average molecular weight is 251 g/mol. The van der Waals surface area contributed by atoms with Gasteiger partial charge in [-0.15, -0.1) is 0 Å². The van der Waals surface area contributed by atoms with Crippen molar-refractivity contribution in [2.75, 3.05) is 0 Å². The number of nitrogens with zero attached hydrogens (tertiary/aromatic N) is 1. The van der Waals surface area contributed by atoms with E-state index in [1.54, 1.807) is 0 Å². The predicted molar refractivity (Wildman–Crippen MR) is 54.2 cm³/mol. The lowest BCUT2D eigenvalue weighted by molar-refractivity contribution is -0.135. The molecule has 1 rings (SSSR count). The molecular weight excluding hydrogens is 238 g/mol. The van der Waals surface area contributed by atoms with Crippen molar-refractivity contribution in [3.63, 3.8) is 0 Å². The van der Waals surface area contributed by atoms with Crippen molar-refractivity contribution in [3.05, 3.63) is 29.8 Å². The molecule has 0 fully saturated rings. The van der Waals surface area contributed by atoms with E-state index in [2.05, 4.69) is 10.4 Å². The van der Waals surface area contributed by atoms with Gasteiger partial charge in [0.25, 0.3) is 0 Å². The standard InChI is InChI=1S/C10H13F4N3/c11-8-4-7(5-16-6-8)9(17-15)2-1-3-10(12,13)14/h4-6,9,17H,1-3,15H2. The Bertz CT molecular complexity index is 354. The Balaban J connectivity index is 2.54. The van der Waals surface area contributed by atoms with Crippen LogP contribution in [0, 0.1) is 5.82 Å². The minimum absolute atomic E-state index is 0.0745. The fourth-order valence-corrected chi connectivity index (χ4v) is 1.47. The quantitative estimate of drug-likeness (QED) is 0.480. The van der Waals surface area contributed by atoms with E-state index in [9.17, 15) is 17.6 Å². The first kappa shape index (κ1) is 13.9. The van der Waals surface area contributed by atoms with Crippen LogP contribution in [0.25, 0.3) is 0 Å². The van der Waals surface area contributed by atoms with E-state index in [4.69, 9.17) is 5.84 Å². The monoisotopic (exact) mass is 251 g/mol. The molecule has 0 aliphatic heterocycles. The maximum atomic E-state index is 12.9. The third kappa shape index (κ3) is 5.10. The smallest absolute Gasteiger partial charge is 0.271 e. The number of alkyl halides is 3. The molecule has 17 heavy (non-hydrogen) atoms.